The molecule has 8 heteroatoms. The number of aryl methyl sites for hydroxylation is 1. The lowest BCUT2D eigenvalue weighted by molar-refractivity contribution is 0.196. The van der Waals surface area contributed by atoms with Crippen LogP contribution in [0.5, 0.6) is 0 Å². The average molecular weight is 329 g/mol. The summed E-state index contributed by atoms with van der Waals surface area (Å²) in [6.07, 6.45) is 2.72. The molecule has 22 heavy (non-hydrogen) atoms. The van der Waals surface area contributed by atoms with E-state index in [9.17, 15) is 13.2 Å². The fourth-order valence-corrected chi connectivity index (χ4v) is 2.34. The third kappa shape index (κ3) is 8.48. The molecular formula is C14H23N3O4S. The minimum atomic E-state index is -3.24. The number of anilines is 1. The Morgan fingerprint density at radius 3 is 2.36 bits per heavy atom. The molecule has 1 aromatic carbocycles. The summed E-state index contributed by atoms with van der Waals surface area (Å²) >= 11 is 0. The Morgan fingerprint density at radius 1 is 1.14 bits per heavy atom. The first-order chi connectivity index (χ1) is 10.4. The molecule has 0 aliphatic rings. The molecule has 0 radical (unpaired) electrons. The van der Waals surface area contributed by atoms with Crippen LogP contribution in [0.2, 0.25) is 0 Å². The number of hydrogen-bond donors (Lipinski definition) is 3. The summed E-state index contributed by atoms with van der Waals surface area (Å²) in [5.74, 6) is 0. The second-order valence-corrected chi connectivity index (χ2v) is 6.60. The highest BCUT2D eigenvalue weighted by atomic mass is 32.2. The van der Waals surface area contributed by atoms with Crippen molar-refractivity contribution in [2.24, 2.45) is 0 Å². The Kier molecular flexibility index (Phi) is 7.69. The second-order valence-electron chi connectivity index (χ2n) is 4.85. The first kappa shape index (κ1) is 18.2. The number of urea groups is 1. The van der Waals surface area contributed by atoms with Crippen LogP contribution in [0.25, 0.3) is 0 Å². The molecule has 0 aromatic heterocycles. The Bertz CT molecular complexity index is 558. The van der Waals surface area contributed by atoms with E-state index in [0.29, 0.717) is 25.4 Å². The van der Waals surface area contributed by atoms with E-state index in [1.54, 1.807) is 19.2 Å². The molecule has 1 rings (SSSR count). The molecule has 124 valence electrons. The van der Waals surface area contributed by atoms with E-state index in [0.717, 1.165) is 24.7 Å². The van der Waals surface area contributed by atoms with Crippen molar-refractivity contribution < 1.29 is 17.9 Å². The van der Waals surface area contributed by atoms with Gasteiger partial charge in [0.25, 0.3) is 0 Å². The van der Waals surface area contributed by atoms with E-state index in [-0.39, 0.29) is 6.03 Å². The molecule has 0 aliphatic carbocycles. The van der Waals surface area contributed by atoms with Crippen LogP contribution in [0.1, 0.15) is 12.0 Å². The monoisotopic (exact) mass is 329 g/mol. The third-order valence-electron chi connectivity index (χ3n) is 2.78. The van der Waals surface area contributed by atoms with Gasteiger partial charge in [-0.05, 0) is 30.5 Å². The number of methoxy groups -OCH3 is 1. The maximum Gasteiger partial charge on any atom is 0.314 e. The van der Waals surface area contributed by atoms with Crippen LogP contribution in [0, 0.1) is 0 Å². The molecule has 0 aliphatic heterocycles. The van der Waals surface area contributed by atoms with Crippen molar-refractivity contribution in [1.82, 2.24) is 10.6 Å². The van der Waals surface area contributed by atoms with E-state index < -0.39 is 10.0 Å². The molecule has 1 aromatic rings. The first-order valence-electron chi connectivity index (χ1n) is 6.98. The van der Waals surface area contributed by atoms with Crippen molar-refractivity contribution >= 4 is 21.7 Å². The number of ether oxygens (including phenoxy) is 1. The van der Waals surface area contributed by atoms with Crippen LogP contribution in [0.3, 0.4) is 0 Å². The predicted octanol–water partition coefficient (Wildman–Crippen LogP) is 0.936. The number of rotatable bonds is 9. The fraction of sp³-hybridized carbons (Fsp3) is 0.500. The highest BCUT2D eigenvalue weighted by molar-refractivity contribution is 7.92. The highest BCUT2D eigenvalue weighted by Crippen LogP contribution is 2.11. The van der Waals surface area contributed by atoms with Crippen molar-refractivity contribution in [2.75, 3.05) is 37.8 Å². The molecule has 0 atom stereocenters. The van der Waals surface area contributed by atoms with Gasteiger partial charge in [-0.2, -0.15) is 0 Å². The summed E-state index contributed by atoms with van der Waals surface area (Å²) in [7, 11) is -1.66. The van der Waals surface area contributed by atoms with E-state index in [2.05, 4.69) is 15.4 Å². The number of carbonyl (C=O) groups is 1. The number of hydrogen-bond acceptors (Lipinski definition) is 4. The van der Waals surface area contributed by atoms with Crippen LogP contribution in [0.15, 0.2) is 24.3 Å². The van der Waals surface area contributed by atoms with Gasteiger partial charge in [0.1, 0.15) is 0 Å². The van der Waals surface area contributed by atoms with E-state index in [4.69, 9.17) is 4.74 Å². The first-order valence-corrected chi connectivity index (χ1v) is 8.87. The maximum absolute atomic E-state index is 11.4. The summed E-state index contributed by atoms with van der Waals surface area (Å²) in [6, 6.07) is 6.98. The van der Waals surface area contributed by atoms with Gasteiger partial charge in [-0.15, -0.1) is 0 Å². The molecule has 0 fully saturated rings. The summed E-state index contributed by atoms with van der Waals surface area (Å²) in [4.78, 5) is 11.4. The minimum absolute atomic E-state index is 0.204. The summed E-state index contributed by atoms with van der Waals surface area (Å²) < 4.78 is 29.4. The molecule has 0 saturated carbocycles. The Hall–Kier alpha value is -1.80. The Labute approximate surface area is 131 Å². The lowest BCUT2D eigenvalue weighted by Crippen LogP contribution is -2.37. The van der Waals surface area contributed by atoms with Crippen LogP contribution in [-0.4, -0.2) is 47.5 Å². The third-order valence-corrected chi connectivity index (χ3v) is 3.38. The van der Waals surface area contributed by atoms with Crippen molar-refractivity contribution in [3.63, 3.8) is 0 Å². The molecule has 0 heterocycles. The van der Waals surface area contributed by atoms with Gasteiger partial charge in [-0.3, -0.25) is 4.72 Å². The molecule has 2 amide bonds. The van der Waals surface area contributed by atoms with Gasteiger partial charge >= 0.3 is 6.03 Å². The van der Waals surface area contributed by atoms with Gasteiger partial charge in [0.15, 0.2) is 0 Å². The van der Waals surface area contributed by atoms with Gasteiger partial charge < -0.3 is 15.4 Å². The Balaban J connectivity index is 2.24. The molecule has 0 spiro atoms. The van der Waals surface area contributed by atoms with Gasteiger partial charge in [0.2, 0.25) is 10.0 Å². The number of amides is 2. The van der Waals surface area contributed by atoms with Crippen molar-refractivity contribution in [1.29, 1.82) is 0 Å². The number of carbonyl (C=O) groups excluding carboxylic acids is 1. The average Bonchev–Trinajstić information content (AvgIpc) is 2.44. The van der Waals surface area contributed by atoms with Crippen LogP contribution >= 0.6 is 0 Å². The lowest BCUT2D eigenvalue weighted by atomic mass is 10.1. The summed E-state index contributed by atoms with van der Waals surface area (Å²) in [5.41, 5.74) is 1.63. The highest BCUT2D eigenvalue weighted by Gasteiger charge is 2.02. The van der Waals surface area contributed by atoms with Crippen LogP contribution in [0.4, 0.5) is 10.5 Å². The second kappa shape index (κ2) is 9.26. The van der Waals surface area contributed by atoms with Gasteiger partial charge in [0, 0.05) is 25.9 Å². The lowest BCUT2D eigenvalue weighted by Gasteiger charge is -2.08. The van der Waals surface area contributed by atoms with E-state index in [1.165, 1.54) is 0 Å². The maximum atomic E-state index is 11.4. The Morgan fingerprint density at radius 2 is 1.77 bits per heavy atom. The zero-order valence-electron chi connectivity index (χ0n) is 12.9. The predicted molar refractivity (Wildman–Crippen MR) is 86.5 cm³/mol. The standard InChI is InChI=1S/C14H23N3O4S/c1-21-11-10-16-14(18)15-9-3-4-12-5-7-13(8-6-12)17-22(2,19)20/h5-8,17H,3-4,9-11H2,1-2H3,(H2,15,16,18). The summed E-state index contributed by atoms with van der Waals surface area (Å²) in [6.45, 7) is 1.54. The van der Waals surface area contributed by atoms with Crippen molar-refractivity contribution in [2.45, 2.75) is 12.8 Å². The number of benzene rings is 1. The minimum Gasteiger partial charge on any atom is -0.383 e. The topological polar surface area (TPSA) is 96.5 Å². The SMILES string of the molecule is COCCNC(=O)NCCCc1ccc(NS(C)(=O)=O)cc1. The largest absolute Gasteiger partial charge is 0.383 e. The van der Waals surface area contributed by atoms with Gasteiger partial charge in [-0.1, -0.05) is 12.1 Å². The van der Waals surface area contributed by atoms with Crippen molar-refractivity contribution in [3.05, 3.63) is 29.8 Å². The van der Waals surface area contributed by atoms with E-state index >= 15 is 0 Å². The smallest absolute Gasteiger partial charge is 0.314 e. The number of sulfonamides is 1. The molecule has 0 saturated heterocycles. The number of nitrogens with one attached hydrogen (secondary N) is 3. The molecule has 0 unspecified atom stereocenters. The zero-order chi connectivity index (χ0) is 16.4. The molecule has 7 nitrogen and oxygen atoms in total. The molecule has 0 bridgehead atoms. The summed E-state index contributed by atoms with van der Waals surface area (Å²) in [5, 5.41) is 5.43. The normalized spacial score (nSPS) is 11.0. The van der Waals surface area contributed by atoms with Crippen LogP contribution in [-0.2, 0) is 21.2 Å². The van der Waals surface area contributed by atoms with Gasteiger partial charge in [-0.25, -0.2) is 13.2 Å². The molecular weight excluding hydrogens is 306 g/mol. The fourth-order valence-electron chi connectivity index (χ4n) is 1.78. The van der Waals surface area contributed by atoms with Crippen molar-refractivity contribution in [3.8, 4) is 0 Å². The van der Waals surface area contributed by atoms with Gasteiger partial charge in [0.05, 0.1) is 12.9 Å². The zero-order valence-corrected chi connectivity index (χ0v) is 13.7. The quantitative estimate of drug-likeness (QED) is 0.587. The van der Waals surface area contributed by atoms with Crippen LogP contribution < -0.4 is 15.4 Å². The van der Waals surface area contributed by atoms with E-state index in [1.807, 2.05) is 12.1 Å². The molecule has 3 N–H and O–H groups in total.